The molecule has 7 rings (SSSR count). The van der Waals surface area contributed by atoms with Gasteiger partial charge in [0.15, 0.2) is 37.2 Å². The Hall–Kier alpha value is -5.53. The number of hydrogen-bond acceptors (Lipinski definition) is 27. The Kier molecular flexibility index (Phi) is 22.4. The van der Waals surface area contributed by atoms with Gasteiger partial charge in [0.1, 0.15) is 24.4 Å². The molecule has 10 N–H and O–H groups in total. The number of fused-ring (bicyclic) bond motifs is 1. The van der Waals surface area contributed by atoms with E-state index in [0.717, 1.165) is 33.7 Å². The molecule has 0 aliphatic carbocycles. The zero-order valence-corrected chi connectivity index (χ0v) is 48.0. The second-order valence-corrected chi connectivity index (χ2v) is 25.2. The lowest BCUT2D eigenvalue weighted by molar-refractivity contribution is -0.202. The van der Waals surface area contributed by atoms with Gasteiger partial charge in [-0.05, 0) is 34.7 Å². The number of H-pyrrole nitrogens is 2. The maximum Gasteiger partial charge on any atom is 0.509 e. The lowest BCUT2D eigenvalue weighted by Gasteiger charge is -2.44. The van der Waals surface area contributed by atoms with Crippen LogP contribution in [0.5, 0.6) is 0 Å². The number of carbonyl (C=O) groups excluding carboxylic acids is 3. The number of ether oxygens (including phenoxy) is 6. The van der Waals surface area contributed by atoms with Crippen LogP contribution in [0.2, 0.25) is 0 Å². The number of amides is 2. The minimum absolute atomic E-state index is 0.184. The summed E-state index contributed by atoms with van der Waals surface area (Å²) in [6.45, 7) is 6.96. The molecule has 0 aromatic carbocycles. The maximum atomic E-state index is 12.8. The number of nitrogens with one attached hydrogen (secondary N) is 4. The second-order valence-electron chi connectivity index (χ2n) is 19.2. The normalized spacial score (nSPS) is 34.6. The summed E-state index contributed by atoms with van der Waals surface area (Å²) in [6, 6.07) is -0.0886. The van der Waals surface area contributed by atoms with Gasteiger partial charge in [0.2, 0.25) is 11.8 Å². The highest BCUT2D eigenvalue weighted by atomic mass is 31.3. The molecule has 0 spiro atoms. The van der Waals surface area contributed by atoms with E-state index in [4.69, 9.17) is 53.1 Å². The van der Waals surface area contributed by atoms with Gasteiger partial charge in [0.05, 0.1) is 50.6 Å². The summed E-state index contributed by atoms with van der Waals surface area (Å²) in [5.74, 6) is -2.63. The first-order valence-electron chi connectivity index (χ1n) is 24.6. The molecule has 2 aromatic heterocycles. The quantitative estimate of drug-likeness (QED) is 0.0236. The topological polar surface area (TPSA) is 583 Å². The van der Waals surface area contributed by atoms with Gasteiger partial charge in [-0.3, -0.25) is 56.4 Å². The summed E-state index contributed by atoms with van der Waals surface area (Å²) >= 11 is 0. The van der Waals surface area contributed by atoms with Gasteiger partial charge in [0, 0.05) is 48.2 Å². The van der Waals surface area contributed by atoms with Crippen molar-refractivity contribution in [2.75, 3.05) is 26.3 Å². The average Bonchev–Trinajstić information content (AvgIpc) is 4.01. The van der Waals surface area contributed by atoms with E-state index in [1.165, 1.54) is 13.8 Å². The van der Waals surface area contributed by atoms with E-state index in [1.807, 2.05) is 9.97 Å². The Bertz CT molecular complexity index is 3280. The third-order valence-corrected chi connectivity index (χ3v) is 18.8. The Morgan fingerprint density at radius 3 is 1.43 bits per heavy atom. The van der Waals surface area contributed by atoms with Crippen molar-refractivity contribution in [2.45, 2.75) is 127 Å². The number of phosphoric acid groups is 4. The van der Waals surface area contributed by atoms with Crippen LogP contribution in [0.4, 0.5) is 4.79 Å². The van der Waals surface area contributed by atoms with Crippen LogP contribution in [0.3, 0.4) is 0 Å². The monoisotopic (exact) mass is 1280 g/mol. The molecule has 0 saturated carbocycles. The van der Waals surface area contributed by atoms with Crippen molar-refractivity contribution < 1.29 is 118 Å². The Labute approximate surface area is 470 Å². The molecule has 7 heterocycles. The molecule has 0 radical (unpaired) electrons. The second kappa shape index (κ2) is 27.9. The molecule has 5 aliphatic rings. The molecule has 41 nitrogen and oxygen atoms in total. The van der Waals surface area contributed by atoms with Crippen molar-refractivity contribution in [1.82, 2.24) is 29.7 Å². The molecule has 45 heteroatoms. The van der Waals surface area contributed by atoms with Gasteiger partial charge in [-0.25, -0.2) is 32.6 Å². The summed E-state index contributed by atoms with van der Waals surface area (Å²) < 4.78 is 113. The molecule has 22 atom stereocenters. The van der Waals surface area contributed by atoms with Crippen molar-refractivity contribution in [3.05, 3.63) is 87.1 Å². The summed E-state index contributed by atoms with van der Waals surface area (Å²) in [5.41, 5.74) is 14.0. The number of carbonyl (C=O) groups is 3. The number of hydrogen-bond donors (Lipinski definition) is 10. The predicted molar refractivity (Wildman–Crippen MR) is 270 cm³/mol. The minimum atomic E-state index is -5.47. The first-order valence-corrected chi connectivity index (χ1v) is 30.6. The fourth-order valence-electron chi connectivity index (χ4n) is 9.17. The third-order valence-electron chi connectivity index (χ3n) is 13.6. The highest BCUT2D eigenvalue weighted by molar-refractivity contribution is 7.61. The Balaban J connectivity index is 0.000000270. The van der Waals surface area contributed by atoms with E-state index >= 15 is 0 Å². The molecular weight excluding hydrogens is 1220 g/mol. The van der Waals surface area contributed by atoms with Crippen LogP contribution in [0.25, 0.3) is 20.9 Å². The summed E-state index contributed by atoms with van der Waals surface area (Å²) in [6.07, 6.45) is -15.8. The van der Waals surface area contributed by atoms with E-state index in [-0.39, 0.29) is 24.9 Å². The van der Waals surface area contributed by atoms with Gasteiger partial charge in [-0.15, -0.1) is 0 Å². The van der Waals surface area contributed by atoms with Crippen LogP contribution in [-0.2, 0) is 83.0 Å². The number of phosphoric ester groups is 4. The fourth-order valence-corrected chi connectivity index (χ4v) is 13.5. The van der Waals surface area contributed by atoms with Crippen molar-refractivity contribution >= 4 is 49.3 Å². The van der Waals surface area contributed by atoms with Crippen molar-refractivity contribution in [3.63, 3.8) is 0 Å². The molecule has 5 fully saturated rings. The molecule has 0 bridgehead atoms. The highest BCUT2D eigenvalue weighted by Gasteiger charge is 2.57. The molecule has 5 aliphatic heterocycles. The predicted octanol–water partition coefficient (Wildman–Crippen LogP) is -0.381. The summed E-state index contributed by atoms with van der Waals surface area (Å²) in [7, 11) is -21.8. The van der Waals surface area contributed by atoms with Crippen LogP contribution >= 0.6 is 31.3 Å². The zero-order chi connectivity index (χ0) is 62.4. The largest absolute Gasteiger partial charge is 0.509 e. The number of nitrogens with zero attached hydrogens (tertiary/aromatic N) is 8. The lowest BCUT2D eigenvalue weighted by atomic mass is 9.82. The van der Waals surface area contributed by atoms with Crippen LogP contribution in [0.1, 0.15) is 54.0 Å². The maximum absolute atomic E-state index is 12.8. The van der Waals surface area contributed by atoms with Gasteiger partial charge in [-0.1, -0.05) is 37.9 Å². The number of aliphatic hydroxyl groups is 2. The van der Waals surface area contributed by atoms with Crippen molar-refractivity contribution in [1.29, 1.82) is 0 Å². The van der Waals surface area contributed by atoms with Crippen LogP contribution < -0.4 is 33.1 Å². The zero-order valence-electron chi connectivity index (χ0n) is 44.5. The smallest absolute Gasteiger partial charge is 0.424 e. The molecule has 5 saturated heterocycles. The van der Waals surface area contributed by atoms with Gasteiger partial charge in [-0.2, -0.15) is 8.62 Å². The van der Waals surface area contributed by atoms with Gasteiger partial charge < -0.3 is 68.8 Å². The Morgan fingerprint density at radius 1 is 0.607 bits per heavy atom. The Morgan fingerprint density at radius 2 is 1.01 bits per heavy atom. The molecular formula is C39H58N12O29P4. The third kappa shape index (κ3) is 17.3. The fraction of sp³-hybridized carbons (Fsp3) is 0.718. The molecule has 468 valence electrons. The molecule has 84 heavy (non-hydrogen) atoms. The van der Waals surface area contributed by atoms with E-state index in [2.05, 4.69) is 43.8 Å². The first-order chi connectivity index (χ1) is 39.2. The van der Waals surface area contributed by atoms with Crippen LogP contribution in [0, 0.1) is 23.7 Å². The minimum Gasteiger partial charge on any atom is -0.424 e. The average molecular weight is 1280 g/mol. The lowest BCUT2D eigenvalue weighted by Crippen LogP contribution is -2.57. The summed E-state index contributed by atoms with van der Waals surface area (Å²) in [5, 5.41) is 32.4. The molecule has 2 aromatic rings. The summed E-state index contributed by atoms with van der Waals surface area (Å²) in [4.78, 5) is 132. The first kappa shape index (κ1) is 67.6. The van der Waals surface area contributed by atoms with Crippen molar-refractivity contribution in [3.8, 4) is 0 Å². The van der Waals surface area contributed by atoms with Crippen LogP contribution in [0.15, 0.2) is 53.9 Å². The molecule has 16 unspecified atom stereocenters. The van der Waals surface area contributed by atoms with Gasteiger partial charge in [0.25, 0.3) is 11.1 Å². The van der Waals surface area contributed by atoms with E-state index in [9.17, 15) is 81.6 Å². The van der Waals surface area contributed by atoms with E-state index in [0.29, 0.717) is 0 Å². The number of rotatable bonds is 22. The van der Waals surface area contributed by atoms with E-state index in [1.54, 1.807) is 27.7 Å². The van der Waals surface area contributed by atoms with E-state index < -0.39 is 183 Å². The van der Waals surface area contributed by atoms with Gasteiger partial charge >= 0.3 is 48.8 Å². The number of azide groups is 2. The highest BCUT2D eigenvalue weighted by Crippen LogP contribution is 2.63. The number of aliphatic hydroxyl groups excluding tert-OH is 2. The number of aromatic amines is 2. The number of aromatic nitrogens is 4. The van der Waals surface area contributed by atoms with Crippen molar-refractivity contribution in [2.24, 2.45) is 33.9 Å². The van der Waals surface area contributed by atoms with Crippen LogP contribution in [-0.4, -0.2) is 167 Å². The standard InChI is InChI=1S/C20H28N6O15P2.C19H30N6O14P2/c1-8-9(2)14(23-10(3)27)18(37-11(8)6-22-25-21)40-43(33,34)41-42(31,32)35-7-12-15-16(39-20(30)38-15)17(36-12)26-5-4-13(28)24-19(26)29;1-8-9(2)14(22-10(3)26)18(37-11(8)6-21-24-20)38-41(33,34)39-40(31,32)35-7-12-15(28)16(29)17(36-12)25-5-4-13(27)23-19(25)30/h4-5,8-9,11-12,14-18H,6-7H2,1-3H3,(H,23,27)(H,31,32)(H,33,34)(H,24,28,29);4-5,8-9,11-12,14-18,28-29H,6-7H2,1-3H3,(H,22,26)(H,31,32)(H,33,34)(H,23,27,30)/t2*8?,9?,11?,12-,14?,15?,16+,17-,18?/m11/s1. The SMILES string of the molecule is CC(=O)NC1C(OP(=O)(O)OP(=O)(O)OC[C@H]2O[C@@H](n3ccc(=O)[nH]c3=O)[C@@H](O)C2O)OC(CN=[N+]=[N-])C(C)C1C.CC(=O)NC1C(OP(=O)(O)OP(=O)(O)OC[C@H]2O[C@@H](n3ccc(=O)[nH]c3=O)[C@H]3OC(=O)OC23)OC(CN=[N+]=[N-])C(C)C1C. The molecule has 2 amide bonds.